The lowest BCUT2D eigenvalue weighted by Gasteiger charge is -2.34. The van der Waals surface area contributed by atoms with Gasteiger partial charge in [-0.2, -0.15) is 0 Å². The molecule has 4 nitrogen and oxygen atoms in total. The highest BCUT2D eigenvalue weighted by atomic mass is 16.2. The molecule has 1 N–H and O–H groups in total. The van der Waals surface area contributed by atoms with Crippen LogP contribution in [0.3, 0.4) is 0 Å². The minimum absolute atomic E-state index is 0.0458. The maximum absolute atomic E-state index is 12.8. The number of rotatable bonds is 3. The highest BCUT2D eigenvalue weighted by molar-refractivity contribution is 5.83. The van der Waals surface area contributed by atoms with Crippen LogP contribution in [0.2, 0.25) is 0 Å². The first-order valence-electron chi connectivity index (χ1n) is 9.39. The lowest BCUT2D eigenvalue weighted by atomic mass is 9.87. The molecular weight excluding hydrogens is 300 g/mol. The van der Waals surface area contributed by atoms with Gasteiger partial charge in [-0.05, 0) is 56.1 Å². The van der Waals surface area contributed by atoms with Gasteiger partial charge in [-0.25, -0.2) is 0 Å². The molecule has 0 aromatic heterocycles. The molecule has 1 aromatic rings. The van der Waals surface area contributed by atoms with Crippen molar-refractivity contribution in [1.82, 2.24) is 10.2 Å². The molecule has 2 aliphatic carbocycles. The van der Waals surface area contributed by atoms with Crippen LogP contribution in [0, 0.1) is 11.8 Å². The average molecular weight is 326 g/mol. The van der Waals surface area contributed by atoms with Crippen molar-refractivity contribution < 1.29 is 9.59 Å². The quantitative estimate of drug-likeness (QED) is 0.928. The summed E-state index contributed by atoms with van der Waals surface area (Å²) in [6.07, 6.45) is 7.15. The molecule has 1 aromatic carbocycles. The molecule has 3 aliphatic rings. The summed E-state index contributed by atoms with van der Waals surface area (Å²) in [6.45, 7) is 1.43. The van der Waals surface area contributed by atoms with E-state index in [1.807, 2.05) is 4.90 Å². The van der Waals surface area contributed by atoms with Crippen LogP contribution in [-0.2, 0) is 16.0 Å². The SMILES string of the molecule is O=C(N[C@@H]1CCCc2ccccc21)[C@H]1CCCN(C(=O)C2CC2)C1. The van der Waals surface area contributed by atoms with Crippen LogP contribution in [0.15, 0.2) is 24.3 Å². The van der Waals surface area contributed by atoms with Crippen molar-refractivity contribution in [1.29, 1.82) is 0 Å². The van der Waals surface area contributed by atoms with E-state index in [0.717, 1.165) is 51.5 Å². The summed E-state index contributed by atoms with van der Waals surface area (Å²) in [5.41, 5.74) is 2.64. The average Bonchev–Trinajstić information content (AvgIpc) is 3.47. The van der Waals surface area contributed by atoms with E-state index in [0.29, 0.717) is 6.54 Å². The summed E-state index contributed by atoms with van der Waals surface area (Å²) < 4.78 is 0. The van der Waals surface area contributed by atoms with Gasteiger partial charge in [-0.15, -0.1) is 0 Å². The summed E-state index contributed by atoms with van der Waals surface area (Å²) in [5.74, 6) is 0.605. The van der Waals surface area contributed by atoms with Crippen molar-refractivity contribution >= 4 is 11.8 Å². The number of piperidine rings is 1. The van der Waals surface area contributed by atoms with E-state index in [-0.39, 0.29) is 29.7 Å². The number of nitrogens with one attached hydrogen (secondary N) is 1. The Hall–Kier alpha value is -1.84. The minimum atomic E-state index is -0.0458. The highest BCUT2D eigenvalue weighted by Crippen LogP contribution is 2.33. The van der Waals surface area contributed by atoms with E-state index in [4.69, 9.17) is 0 Å². The highest BCUT2D eigenvalue weighted by Gasteiger charge is 2.37. The van der Waals surface area contributed by atoms with Crippen molar-refractivity contribution in [2.45, 2.75) is 51.0 Å². The van der Waals surface area contributed by atoms with Crippen molar-refractivity contribution in [3.05, 3.63) is 35.4 Å². The number of carbonyl (C=O) groups is 2. The molecule has 24 heavy (non-hydrogen) atoms. The molecular formula is C20H26N2O2. The van der Waals surface area contributed by atoms with Gasteiger partial charge >= 0.3 is 0 Å². The first-order valence-corrected chi connectivity index (χ1v) is 9.39. The van der Waals surface area contributed by atoms with E-state index in [2.05, 4.69) is 29.6 Å². The molecule has 2 amide bonds. The Morgan fingerprint density at radius 2 is 1.83 bits per heavy atom. The lowest BCUT2D eigenvalue weighted by molar-refractivity contribution is -0.137. The fourth-order valence-electron chi connectivity index (χ4n) is 4.17. The molecule has 2 fully saturated rings. The molecule has 0 radical (unpaired) electrons. The monoisotopic (exact) mass is 326 g/mol. The number of hydrogen-bond acceptors (Lipinski definition) is 2. The lowest BCUT2D eigenvalue weighted by Crippen LogP contribution is -2.46. The number of amides is 2. The molecule has 1 heterocycles. The van der Waals surface area contributed by atoms with Gasteiger partial charge in [0.15, 0.2) is 0 Å². The predicted octanol–water partition coefficient (Wildman–Crippen LogP) is 2.83. The van der Waals surface area contributed by atoms with Crippen molar-refractivity contribution in [3.63, 3.8) is 0 Å². The van der Waals surface area contributed by atoms with E-state index in [1.165, 1.54) is 11.1 Å². The standard InChI is InChI=1S/C20H26N2O2/c23-19(16-7-4-12-22(13-16)20(24)15-10-11-15)21-18-9-3-6-14-5-1-2-8-17(14)18/h1-2,5,8,15-16,18H,3-4,6-7,9-13H2,(H,21,23)/t16-,18+/m0/s1. The fraction of sp³-hybridized carbons (Fsp3) is 0.600. The normalized spacial score (nSPS) is 26.6. The third-order valence-corrected chi connectivity index (χ3v) is 5.72. The number of hydrogen-bond donors (Lipinski definition) is 1. The van der Waals surface area contributed by atoms with Crippen LogP contribution in [-0.4, -0.2) is 29.8 Å². The molecule has 0 bridgehead atoms. The van der Waals surface area contributed by atoms with Crippen LogP contribution in [0.1, 0.15) is 55.7 Å². The number of carbonyl (C=O) groups excluding carboxylic acids is 2. The largest absolute Gasteiger partial charge is 0.349 e. The smallest absolute Gasteiger partial charge is 0.225 e. The van der Waals surface area contributed by atoms with Crippen LogP contribution in [0.25, 0.3) is 0 Å². The Morgan fingerprint density at radius 1 is 1.00 bits per heavy atom. The molecule has 1 saturated carbocycles. The Labute approximate surface area is 143 Å². The number of aryl methyl sites for hydroxylation is 1. The molecule has 1 aliphatic heterocycles. The Bertz CT molecular complexity index is 638. The summed E-state index contributed by atoms with van der Waals surface area (Å²) in [4.78, 5) is 27.0. The molecule has 0 spiro atoms. The second-order valence-corrected chi connectivity index (χ2v) is 7.55. The molecule has 128 valence electrons. The number of fused-ring (bicyclic) bond motifs is 1. The van der Waals surface area contributed by atoms with Gasteiger partial charge in [0.2, 0.25) is 11.8 Å². The van der Waals surface area contributed by atoms with Gasteiger partial charge in [0.1, 0.15) is 0 Å². The predicted molar refractivity (Wildman–Crippen MR) is 92.3 cm³/mol. The second kappa shape index (κ2) is 6.58. The topological polar surface area (TPSA) is 49.4 Å². The van der Waals surface area contributed by atoms with E-state index >= 15 is 0 Å². The molecule has 0 unspecified atom stereocenters. The summed E-state index contributed by atoms with van der Waals surface area (Å²) >= 11 is 0. The van der Waals surface area contributed by atoms with Crippen LogP contribution in [0.4, 0.5) is 0 Å². The third kappa shape index (κ3) is 3.19. The van der Waals surface area contributed by atoms with Gasteiger partial charge in [0.25, 0.3) is 0 Å². The third-order valence-electron chi connectivity index (χ3n) is 5.72. The molecule has 4 rings (SSSR count). The molecule has 1 saturated heterocycles. The Balaban J connectivity index is 1.40. The number of benzene rings is 1. The molecule has 4 heteroatoms. The zero-order valence-corrected chi connectivity index (χ0v) is 14.2. The maximum atomic E-state index is 12.8. The minimum Gasteiger partial charge on any atom is -0.349 e. The first-order chi connectivity index (χ1) is 11.7. The van der Waals surface area contributed by atoms with Gasteiger partial charge in [0.05, 0.1) is 12.0 Å². The summed E-state index contributed by atoms with van der Waals surface area (Å²) in [7, 11) is 0. The van der Waals surface area contributed by atoms with Gasteiger partial charge in [0, 0.05) is 19.0 Å². The van der Waals surface area contributed by atoms with E-state index in [9.17, 15) is 9.59 Å². The zero-order valence-electron chi connectivity index (χ0n) is 14.2. The Kier molecular flexibility index (Phi) is 4.30. The Morgan fingerprint density at radius 3 is 2.67 bits per heavy atom. The molecule has 2 atom stereocenters. The van der Waals surface area contributed by atoms with Gasteiger partial charge in [-0.1, -0.05) is 24.3 Å². The van der Waals surface area contributed by atoms with Crippen molar-refractivity contribution in [2.24, 2.45) is 11.8 Å². The van der Waals surface area contributed by atoms with Gasteiger partial charge in [-0.3, -0.25) is 9.59 Å². The fourth-order valence-corrected chi connectivity index (χ4v) is 4.17. The summed E-state index contributed by atoms with van der Waals surface area (Å²) in [5, 5.41) is 3.27. The van der Waals surface area contributed by atoms with Crippen LogP contribution >= 0.6 is 0 Å². The van der Waals surface area contributed by atoms with Crippen molar-refractivity contribution in [2.75, 3.05) is 13.1 Å². The summed E-state index contributed by atoms with van der Waals surface area (Å²) in [6, 6.07) is 8.58. The second-order valence-electron chi connectivity index (χ2n) is 7.55. The maximum Gasteiger partial charge on any atom is 0.225 e. The van der Waals surface area contributed by atoms with Gasteiger partial charge < -0.3 is 10.2 Å². The number of nitrogens with zero attached hydrogens (tertiary/aromatic N) is 1. The van der Waals surface area contributed by atoms with E-state index in [1.54, 1.807) is 0 Å². The van der Waals surface area contributed by atoms with Crippen molar-refractivity contribution in [3.8, 4) is 0 Å². The van der Waals surface area contributed by atoms with Crippen LogP contribution < -0.4 is 5.32 Å². The van der Waals surface area contributed by atoms with E-state index < -0.39 is 0 Å². The zero-order chi connectivity index (χ0) is 16.5. The van der Waals surface area contributed by atoms with Crippen LogP contribution in [0.5, 0.6) is 0 Å². The first kappa shape index (κ1) is 15.7. The number of likely N-dealkylation sites (tertiary alicyclic amines) is 1.